The summed E-state index contributed by atoms with van der Waals surface area (Å²) < 4.78 is 1.51. The minimum atomic E-state index is -0.232. The first kappa shape index (κ1) is 14.1. The number of anilines is 1. The van der Waals surface area contributed by atoms with Gasteiger partial charge in [0.1, 0.15) is 11.6 Å². The third-order valence-corrected chi connectivity index (χ3v) is 4.11. The zero-order valence-corrected chi connectivity index (χ0v) is 12.6. The molecular weight excluding hydrogens is 268 g/mol. The predicted octanol–water partition coefficient (Wildman–Crippen LogP) is 0.694. The summed E-state index contributed by atoms with van der Waals surface area (Å²) in [5.74, 6) is 1.59. The van der Waals surface area contributed by atoms with Gasteiger partial charge in [0, 0.05) is 25.2 Å². The maximum absolute atomic E-state index is 11.7. The molecule has 21 heavy (non-hydrogen) atoms. The first-order chi connectivity index (χ1) is 10.2. The molecular formula is C14H22N6O. The van der Waals surface area contributed by atoms with Gasteiger partial charge in [-0.2, -0.15) is 5.10 Å². The van der Waals surface area contributed by atoms with E-state index in [0.29, 0.717) is 17.5 Å². The standard InChI is InChI=1S/C14H22N6O/c1-3-15-9-11-6-4-5-7-19(11)12-8-13-17-18-14(21)20(13)10(2)16-12/h8,11,15H,3-7,9H2,1-2H3,(H,18,21). The SMILES string of the molecule is CCNCC1CCCCN1c1cc2n[nH]c(=O)n2c(C)n1. The fraction of sp³-hybridized carbons (Fsp3) is 0.643. The Morgan fingerprint density at radius 1 is 1.48 bits per heavy atom. The van der Waals surface area contributed by atoms with Crippen molar-refractivity contribution in [3.05, 3.63) is 22.4 Å². The minimum absolute atomic E-state index is 0.232. The summed E-state index contributed by atoms with van der Waals surface area (Å²) in [7, 11) is 0. The lowest BCUT2D eigenvalue weighted by atomic mass is 10.0. The van der Waals surface area contributed by atoms with Crippen molar-refractivity contribution in [2.75, 3.05) is 24.5 Å². The minimum Gasteiger partial charge on any atom is -0.352 e. The molecule has 1 unspecified atom stereocenters. The summed E-state index contributed by atoms with van der Waals surface area (Å²) in [5, 5.41) is 9.97. The van der Waals surface area contributed by atoms with Crippen LogP contribution in [0.4, 0.5) is 5.82 Å². The number of likely N-dealkylation sites (N-methyl/N-ethyl adjacent to an activating group) is 1. The Labute approximate surface area is 123 Å². The van der Waals surface area contributed by atoms with Crippen LogP contribution in [0, 0.1) is 6.92 Å². The highest BCUT2D eigenvalue weighted by molar-refractivity contribution is 5.52. The molecule has 1 saturated heterocycles. The maximum atomic E-state index is 11.7. The van der Waals surface area contributed by atoms with E-state index in [2.05, 4.69) is 32.3 Å². The summed E-state index contributed by atoms with van der Waals surface area (Å²) in [6, 6.07) is 2.36. The maximum Gasteiger partial charge on any atom is 0.349 e. The molecule has 3 rings (SSSR count). The summed E-state index contributed by atoms with van der Waals surface area (Å²) in [6.07, 6.45) is 3.61. The number of aromatic nitrogens is 4. The topological polar surface area (TPSA) is 78.3 Å². The first-order valence-electron chi connectivity index (χ1n) is 7.63. The molecule has 2 aromatic rings. The van der Waals surface area contributed by atoms with Crippen molar-refractivity contribution in [3.63, 3.8) is 0 Å². The molecule has 0 saturated carbocycles. The number of nitrogens with one attached hydrogen (secondary N) is 2. The van der Waals surface area contributed by atoms with Gasteiger partial charge in [-0.3, -0.25) is 0 Å². The van der Waals surface area contributed by atoms with Crippen LogP contribution in [0.25, 0.3) is 5.65 Å². The molecule has 7 heteroatoms. The van der Waals surface area contributed by atoms with Crippen LogP contribution in [0.3, 0.4) is 0 Å². The number of aromatic amines is 1. The van der Waals surface area contributed by atoms with E-state index in [0.717, 1.165) is 25.5 Å². The molecule has 1 fully saturated rings. The second-order valence-electron chi connectivity index (χ2n) is 5.53. The van der Waals surface area contributed by atoms with Crippen LogP contribution in [-0.2, 0) is 0 Å². The Morgan fingerprint density at radius 3 is 3.14 bits per heavy atom. The molecule has 114 valence electrons. The average Bonchev–Trinajstić information content (AvgIpc) is 2.87. The van der Waals surface area contributed by atoms with Crippen molar-refractivity contribution in [1.82, 2.24) is 24.9 Å². The Balaban J connectivity index is 1.95. The van der Waals surface area contributed by atoms with Crippen LogP contribution in [0.2, 0.25) is 0 Å². The summed E-state index contributed by atoms with van der Waals surface area (Å²) in [4.78, 5) is 18.6. The third kappa shape index (κ3) is 2.65. The van der Waals surface area contributed by atoms with Crippen molar-refractivity contribution < 1.29 is 0 Å². The van der Waals surface area contributed by atoms with Crippen LogP contribution in [0.15, 0.2) is 10.9 Å². The van der Waals surface area contributed by atoms with E-state index in [1.54, 1.807) is 0 Å². The smallest absolute Gasteiger partial charge is 0.349 e. The summed E-state index contributed by atoms with van der Waals surface area (Å²) in [5.41, 5.74) is 0.402. The normalized spacial score (nSPS) is 19.3. The molecule has 1 aliphatic rings. The molecule has 0 spiro atoms. The molecule has 0 aromatic carbocycles. The number of piperidine rings is 1. The van der Waals surface area contributed by atoms with Crippen molar-refractivity contribution in [2.24, 2.45) is 0 Å². The number of hydrogen-bond donors (Lipinski definition) is 2. The highest BCUT2D eigenvalue weighted by atomic mass is 16.1. The van der Waals surface area contributed by atoms with Gasteiger partial charge >= 0.3 is 5.69 Å². The quantitative estimate of drug-likeness (QED) is 0.866. The van der Waals surface area contributed by atoms with E-state index < -0.39 is 0 Å². The zero-order chi connectivity index (χ0) is 14.8. The zero-order valence-electron chi connectivity index (χ0n) is 12.6. The van der Waals surface area contributed by atoms with Crippen molar-refractivity contribution >= 4 is 11.5 Å². The molecule has 2 aromatic heterocycles. The molecule has 1 atom stereocenters. The van der Waals surface area contributed by atoms with Gasteiger partial charge < -0.3 is 10.2 Å². The van der Waals surface area contributed by atoms with Crippen LogP contribution >= 0.6 is 0 Å². The summed E-state index contributed by atoms with van der Waals surface area (Å²) >= 11 is 0. The van der Waals surface area contributed by atoms with Crippen molar-refractivity contribution in [2.45, 2.75) is 39.2 Å². The number of aryl methyl sites for hydroxylation is 1. The largest absolute Gasteiger partial charge is 0.352 e. The molecule has 0 amide bonds. The lowest BCUT2D eigenvalue weighted by Gasteiger charge is -2.37. The predicted molar refractivity (Wildman–Crippen MR) is 81.9 cm³/mol. The van der Waals surface area contributed by atoms with Crippen molar-refractivity contribution in [1.29, 1.82) is 0 Å². The summed E-state index contributed by atoms with van der Waals surface area (Å²) in [6.45, 7) is 6.92. The van der Waals surface area contributed by atoms with Gasteiger partial charge in [-0.05, 0) is 32.7 Å². The number of H-pyrrole nitrogens is 1. The van der Waals surface area contributed by atoms with Crippen LogP contribution in [-0.4, -0.2) is 45.3 Å². The third-order valence-electron chi connectivity index (χ3n) is 4.11. The van der Waals surface area contributed by atoms with Gasteiger partial charge in [0.15, 0.2) is 5.65 Å². The number of nitrogens with zero attached hydrogens (tertiary/aromatic N) is 4. The second kappa shape index (κ2) is 5.85. The van der Waals surface area contributed by atoms with Gasteiger partial charge in [-0.15, -0.1) is 0 Å². The van der Waals surface area contributed by atoms with Gasteiger partial charge in [0.2, 0.25) is 0 Å². The highest BCUT2D eigenvalue weighted by Crippen LogP contribution is 2.23. The number of rotatable bonds is 4. The Hall–Kier alpha value is -1.89. The lowest BCUT2D eigenvalue weighted by Crippen LogP contribution is -2.46. The Kier molecular flexibility index (Phi) is 3.92. The van der Waals surface area contributed by atoms with E-state index in [-0.39, 0.29) is 5.69 Å². The van der Waals surface area contributed by atoms with Gasteiger partial charge in [0.25, 0.3) is 0 Å². The van der Waals surface area contributed by atoms with E-state index >= 15 is 0 Å². The molecule has 1 aliphatic heterocycles. The fourth-order valence-corrected chi connectivity index (χ4v) is 3.05. The van der Waals surface area contributed by atoms with Gasteiger partial charge in [-0.25, -0.2) is 19.3 Å². The van der Waals surface area contributed by atoms with E-state index in [1.807, 2.05) is 13.0 Å². The molecule has 7 nitrogen and oxygen atoms in total. The molecule has 0 radical (unpaired) electrons. The average molecular weight is 290 g/mol. The Morgan fingerprint density at radius 2 is 2.33 bits per heavy atom. The van der Waals surface area contributed by atoms with Crippen LogP contribution < -0.4 is 15.9 Å². The fourth-order valence-electron chi connectivity index (χ4n) is 3.05. The number of fused-ring (bicyclic) bond motifs is 1. The van der Waals surface area contributed by atoms with Crippen LogP contribution in [0.5, 0.6) is 0 Å². The monoisotopic (exact) mass is 290 g/mol. The molecule has 0 aliphatic carbocycles. The van der Waals surface area contributed by atoms with E-state index in [1.165, 1.54) is 23.7 Å². The molecule has 3 heterocycles. The Bertz CT molecular complexity index is 676. The number of hydrogen-bond acceptors (Lipinski definition) is 5. The van der Waals surface area contributed by atoms with Crippen LogP contribution in [0.1, 0.15) is 32.0 Å². The van der Waals surface area contributed by atoms with E-state index in [9.17, 15) is 4.79 Å². The first-order valence-corrected chi connectivity index (χ1v) is 7.63. The lowest BCUT2D eigenvalue weighted by molar-refractivity contribution is 0.436. The van der Waals surface area contributed by atoms with Gasteiger partial charge in [0.05, 0.1) is 0 Å². The second-order valence-corrected chi connectivity index (χ2v) is 5.53. The van der Waals surface area contributed by atoms with E-state index in [4.69, 9.17) is 0 Å². The highest BCUT2D eigenvalue weighted by Gasteiger charge is 2.24. The molecule has 0 bridgehead atoms. The van der Waals surface area contributed by atoms with Gasteiger partial charge in [-0.1, -0.05) is 6.92 Å². The van der Waals surface area contributed by atoms with Crippen molar-refractivity contribution in [3.8, 4) is 0 Å². The molecule has 2 N–H and O–H groups in total.